The molecule has 0 unspecified atom stereocenters. The molecule has 4 heterocycles. The number of hydrogen-bond donors (Lipinski definition) is 1. The fraction of sp³-hybridized carbons (Fsp3) is 0.357. The van der Waals surface area contributed by atoms with Crippen LogP contribution in [0.25, 0.3) is 5.69 Å². The second kappa shape index (κ2) is 4.33. The Morgan fingerprint density at radius 1 is 1.20 bits per heavy atom. The van der Waals surface area contributed by atoms with Crippen molar-refractivity contribution in [2.24, 2.45) is 0 Å². The van der Waals surface area contributed by atoms with Crippen molar-refractivity contribution < 1.29 is 4.79 Å². The summed E-state index contributed by atoms with van der Waals surface area (Å²) in [5.41, 5.74) is 2.35. The molecule has 0 aromatic carbocycles. The molecule has 0 atom stereocenters. The summed E-state index contributed by atoms with van der Waals surface area (Å²) >= 11 is 0. The van der Waals surface area contributed by atoms with Gasteiger partial charge in [-0.2, -0.15) is 5.10 Å². The summed E-state index contributed by atoms with van der Waals surface area (Å²) in [5.74, 6) is 0.969. The zero-order valence-electron chi connectivity index (χ0n) is 11.0. The number of amides is 1. The van der Waals surface area contributed by atoms with Crippen LogP contribution < -0.4 is 10.2 Å². The van der Waals surface area contributed by atoms with E-state index in [4.69, 9.17) is 0 Å². The van der Waals surface area contributed by atoms with Crippen LogP contribution in [0.4, 0.5) is 5.82 Å². The van der Waals surface area contributed by atoms with Crippen molar-refractivity contribution in [3.05, 3.63) is 35.8 Å². The minimum Gasteiger partial charge on any atom is -0.357 e. The molecule has 102 valence electrons. The average molecular weight is 269 g/mol. The van der Waals surface area contributed by atoms with Crippen LogP contribution in [0.15, 0.2) is 24.5 Å². The number of hydrogen-bond acceptors (Lipinski definition) is 4. The first-order chi connectivity index (χ1) is 9.81. The van der Waals surface area contributed by atoms with Crippen molar-refractivity contribution in [1.82, 2.24) is 20.1 Å². The Morgan fingerprint density at radius 3 is 2.75 bits per heavy atom. The Bertz CT molecular complexity index is 655. The van der Waals surface area contributed by atoms with Gasteiger partial charge in [0.25, 0.3) is 5.91 Å². The fourth-order valence-corrected chi connectivity index (χ4v) is 2.77. The summed E-state index contributed by atoms with van der Waals surface area (Å²) in [6, 6.07) is 4.02. The van der Waals surface area contributed by atoms with Crippen LogP contribution in [0.1, 0.15) is 28.9 Å². The van der Waals surface area contributed by atoms with Crippen molar-refractivity contribution in [1.29, 1.82) is 0 Å². The minimum absolute atomic E-state index is 0.0482. The van der Waals surface area contributed by atoms with Gasteiger partial charge in [-0.1, -0.05) is 0 Å². The normalized spacial score (nSPS) is 17.4. The fourth-order valence-electron chi connectivity index (χ4n) is 2.77. The smallest absolute Gasteiger partial charge is 0.255 e. The molecular weight excluding hydrogens is 254 g/mol. The molecule has 0 aliphatic carbocycles. The first-order valence-electron chi connectivity index (χ1n) is 6.89. The van der Waals surface area contributed by atoms with Crippen molar-refractivity contribution in [2.45, 2.75) is 19.4 Å². The number of carbonyl (C=O) groups excluding carboxylic acids is 1. The average Bonchev–Trinajstić information content (AvgIpc) is 3.18. The molecule has 0 radical (unpaired) electrons. The maximum absolute atomic E-state index is 11.6. The zero-order chi connectivity index (χ0) is 13.5. The highest BCUT2D eigenvalue weighted by Gasteiger charge is 2.23. The van der Waals surface area contributed by atoms with Gasteiger partial charge in [0.2, 0.25) is 0 Å². The third-order valence-corrected chi connectivity index (χ3v) is 3.88. The van der Waals surface area contributed by atoms with Crippen molar-refractivity contribution >= 4 is 11.7 Å². The maximum atomic E-state index is 11.6. The molecule has 6 nitrogen and oxygen atoms in total. The summed E-state index contributed by atoms with van der Waals surface area (Å²) in [5, 5.41) is 7.17. The van der Waals surface area contributed by atoms with E-state index >= 15 is 0 Å². The highest BCUT2D eigenvalue weighted by atomic mass is 16.2. The monoisotopic (exact) mass is 269 g/mol. The second-order valence-corrected chi connectivity index (χ2v) is 5.19. The summed E-state index contributed by atoms with van der Waals surface area (Å²) in [4.78, 5) is 18.3. The topological polar surface area (TPSA) is 63.1 Å². The molecule has 2 aliphatic rings. The molecule has 1 fully saturated rings. The van der Waals surface area contributed by atoms with Crippen molar-refractivity contribution in [3.63, 3.8) is 0 Å². The summed E-state index contributed by atoms with van der Waals surface area (Å²) in [6.07, 6.45) is 6.06. The number of carbonyl (C=O) groups is 1. The van der Waals surface area contributed by atoms with Gasteiger partial charge in [-0.25, -0.2) is 9.67 Å². The first-order valence-corrected chi connectivity index (χ1v) is 6.89. The number of pyridine rings is 1. The molecule has 1 amide bonds. The van der Waals surface area contributed by atoms with Gasteiger partial charge in [-0.15, -0.1) is 0 Å². The predicted molar refractivity (Wildman–Crippen MR) is 74.0 cm³/mol. The van der Waals surface area contributed by atoms with Crippen LogP contribution in [0, 0.1) is 0 Å². The van der Waals surface area contributed by atoms with Gasteiger partial charge in [-0.3, -0.25) is 4.79 Å². The summed E-state index contributed by atoms with van der Waals surface area (Å²) in [6.45, 7) is 2.69. The van der Waals surface area contributed by atoms with Crippen molar-refractivity contribution in [2.75, 3.05) is 18.0 Å². The van der Waals surface area contributed by atoms with E-state index in [1.165, 1.54) is 12.8 Å². The predicted octanol–water partition coefficient (Wildman–Crippen LogP) is 1.11. The van der Waals surface area contributed by atoms with Gasteiger partial charge in [-0.05, 0) is 25.0 Å². The van der Waals surface area contributed by atoms with E-state index in [0.717, 1.165) is 30.3 Å². The van der Waals surface area contributed by atoms with E-state index in [1.54, 1.807) is 10.9 Å². The van der Waals surface area contributed by atoms with Crippen molar-refractivity contribution in [3.8, 4) is 5.69 Å². The Morgan fingerprint density at radius 2 is 2.05 bits per heavy atom. The molecule has 2 aromatic heterocycles. The highest BCUT2D eigenvalue weighted by molar-refractivity contribution is 5.97. The third kappa shape index (κ3) is 1.76. The van der Waals surface area contributed by atoms with Crippen LogP contribution in [0.2, 0.25) is 0 Å². The van der Waals surface area contributed by atoms with Crippen LogP contribution in [-0.4, -0.2) is 33.8 Å². The van der Waals surface area contributed by atoms with Crippen LogP contribution in [0.3, 0.4) is 0 Å². The van der Waals surface area contributed by atoms with Crippen LogP contribution in [0.5, 0.6) is 0 Å². The molecule has 6 heteroatoms. The molecule has 4 rings (SSSR count). The third-order valence-electron chi connectivity index (χ3n) is 3.88. The number of fused-ring (bicyclic) bond motifs is 1. The lowest BCUT2D eigenvalue weighted by Gasteiger charge is -2.16. The van der Waals surface area contributed by atoms with Crippen LogP contribution in [-0.2, 0) is 6.54 Å². The number of rotatable bonds is 2. The number of aromatic nitrogens is 3. The van der Waals surface area contributed by atoms with E-state index in [9.17, 15) is 4.79 Å². The van der Waals surface area contributed by atoms with Gasteiger partial charge in [0, 0.05) is 19.3 Å². The standard InChI is InChI=1S/C14H15N5O/c20-14-11-9-19(17-12(11)8-16-14)10-3-4-13(15-7-10)18-5-1-2-6-18/h3-4,7,9H,1-2,5-6,8H2,(H,16,20). The molecule has 0 saturated carbocycles. The van der Waals surface area contributed by atoms with Gasteiger partial charge in [0.05, 0.1) is 29.7 Å². The Balaban J connectivity index is 1.62. The van der Waals surface area contributed by atoms with E-state index in [1.807, 2.05) is 18.3 Å². The number of nitrogens with zero attached hydrogens (tertiary/aromatic N) is 4. The molecule has 2 aliphatic heterocycles. The lowest BCUT2D eigenvalue weighted by Crippen LogP contribution is -2.18. The molecule has 2 aromatic rings. The molecule has 0 bridgehead atoms. The molecule has 1 saturated heterocycles. The first kappa shape index (κ1) is 11.5. The Hall–Kier alpha value is -2.37. The van der Waals surface area contributed by atoms with E-state index in [2.05, 4.69) is 20.3 Å². The highest BCUT2D eigenvalue weighted by Crippen LogP contribution is 2.20. The lowest BCUT2D eigenvalue weighted by molar-refractivity contribution is 0.0965. The summed E-state index contributed by atoms with van der Waals surface area (Å²) in [7, 11) is 0. The van der Waals surface area contributed by atoms with E-state index in [-0.39, 0.29) is 5.91 Å². The largest absolute Gasteiger partial charge is 0.357 e. The molecule has 1 N–H and O–H groups in total. The second-order valence-electron chi connectivity index (χ2n) is 5.19. The molecule has 0 spiro atoms. The van der Waals surface area contributed by atoms with Gasteiger partial charge < -0.3 is 10.2 Å². The van der Waals surface area contributed by atoms with Gasteiger partial charge in [0.15, 0.2) is 0 Å². The minimum atomic E-state index is -0.0482. The number of nitrogens with one attached hydrogen (secondary N) is 1. The van der Waals surface area contributed by atoms with Crippen LogP contribution >= 0.6 is 0 Å². The number of anilines is 1. The van der Waals surface area contributed by atoms with Gasteiger partial charge in [0.1, 0.15) is 5.82 Å². The SMILES string of the molecule is O=C1NCc2nn(-c3ccc(N4CCCC4)nc3)cc21. The lowest BCUT2D eigenvalue weighted by atomic mass is 10.3. The Kier molecular flexibility index (Phi) is 2.48. The Labute approximate surface area is 116 Å². The van der Waals surface area contributed by atoms with E-state index in [0.29, 0.717) is 12.1 Å². The van der Waals surface area contributed by atoms with Gasteiger partial charge >= 0.3 is 0 Å². The van der Waals surface area contributed by atoms with E-state index < -0.39 is 0 Å². The zero-order valence-corrected chi connectivity index (χ0v) is 11.0. The summed E-state index contributed by atoms with van der Waals surface area (Å²) < 4.78 is 1.73. The maximum Gasteiger partial charge on any atom is 0.255 e. The molecular formula is C14H15N5O. The quantitative estimate of drug-likeness (QED) is 0.887. The molecule has 20 heavy (non-hydrogen) atoms.